The smallest absolute Gasteiger partial charge is 0.303 e. The maximum absolute atomic E-state index is 15.3. The summed E-state index contributed by atoms with van der Waals surface area (Å²) in [6.45, 7) is 4.46. The Morgan fingerprint density at radius 3 is 2.67 bits per heavy atom. The van der Waals surface area contributed by atoms with Gasteiger partial charge in [0.1, 0.15) is 11.8 Å². The first-order valence-corrected chi connectivity index (χ1v) is 10.9. The minimum Gasteiger partial charge on any atom is -0.458 e. The van der Waals surface area contributed by atoms with Crippen LogP contribution in [-0.2, 0) is 19.1 Å². The number of rotatable bonds is 3. The molecule has 166 valence electrons. The molecule has 0 aliphatic heterocycles. The van der Waals surface area contributed by atoms with Gasteiger partial charge in [-0.25, -0.2) is 4.39 Å². The molecule has 0 bridgehead atoms. The van der Waals surface area contributed by atoms with Crippen LogP contribution >= 0.6 is 0 Å². The molecule has 0 saturated heterocycles. The van der Waals surface area contributed by atoms with E-state index in [0.717, 1.165) is 0 Å². The summed E-state index contributed by atoms with van der Waals surface area (Å²) < 4.78 is 20.1. The number of aliphatic hydroxyl groups excluding tert-OH is 1. The van der Waals surface area contributed by atoms with E-state index in [2.05, 4.69) is 0 Å². The lowest BCUT2D eigenvalue weighted by Gasteiger charge is -2.61. The summed E-state index contributed by atoms with van der Waals surface area (Å²) in [4.78, 5) is 35.9. The van der Waals surface area contributed by atoms with Crippen LogP contribution in [0.25, 0.3) is 0 Å². The number of halogens is 1. The number of aliphatic hydroxyl groups is 2. The van der Waals surface area contributed by atoms with Crippen molar-refractivity contribution in [3.8, 4) is 0 Å². The highest BCUT2D eigenvalue weighted by molar-refractivity contribution is 5.92. The quantitative estimate of drug-likeness (QED) is 0.677. The zero-order valence-electron chi connectivity index (χ0n) is 17.8. The lowest BCUT2D eigenvalue weighted by atomic mass is 9.45. The summed E-state index contributed by atoms with van der Waals surface area (Å²) >= 11 is 0. The summed E-state index contributed by atoms with van der Waals surface area (Å²) in [5.74, 6) is -1.76. The number of Topliss-reactive ketones (excluding diaryl/α,β-unsaturated/α-hetero) is 1. The van der Waals surface area contributed by atoms with Gasteiger partial charge in [0.05, 0.1) is 6.10 Å². The maximum atomic E-state index is 15.3. The Balaban J connectivity index is 1.69. The zero-order valence-corrected chi connectivity index (χ0v) is 17.8. The molecule has 3 saturated carbocycles. The fraction of sp³-hybridized carbons (Fsp3) is 0.783. The summed E-state index contributed by atoms with van der Waals surface area (Å²) in [5.41, 5.74) is -2.74. The molecule has 2 N–H and O–H groups in total. The molecule has 0 aromatic rings. The van der Waals surface area contributed by atoms with E-state index in [9.17, 15) is 24.6 Å². The molecule has 0 unspecified atom stereocenters. The molecule has 3 fully saturated rings. The van der Waals surface area contributed by atoms with E-state index in [1.165, 1.54) is 13.0 Å². The lowest BCUT2D eigenvalue weighted by Crippen LogP contribution is -2.63. The average molecular weight is 422 g/mol. The third-order valence-corrected chi connectivity index (χ3v) is 8.89. The number of hydrogen-bond donors (Lipinski definition) is 2. The van der Waals surface area contributed by atoms with E-state index >= 15 is 4.39 Å². The van der Waals surface area contributed by atoms with Gasteiger partial charge in [0, 0.05) is 18.8 Å². The Morgan fingerprint density at radius 1 is 1.30 bits per heavy atom. The standard InChI is InChI=1S/C23H31FO6/c1-12(25)30-11-19(28)23(29)7-5-15-14-9-17(24)16-8-13(26)4-6-21(16,2)20(14)18(27)10-22(15,23)3/h8,14-15,17-18,20,27,29H,4-7,9-11H2,1-3H3/t14-,15-,17+,18-,20+,21-,22-,23-/m0/s1. The lowest BCUT2D eigenvalue weighted by molar-refractivity contribution is -0.186. The largest absolute Gasteiger partial charge is 0.458 e. The van der Waals surface area contributed by atoms with E-state index in [4.69, 9.17) is 4.74 Å². The Labute approximate surface area is 175 Å². The highest BCUT2D eigenvalue weighted by atomic mass is 19.1. The van der Waals surface area contributed by atoms with Gasteiger partial charge in [0.15, 0.2) is 12.4 Å². The predicted molar refractivity (Wildman–Crippen MR) is 105 cm³/mol. The molecule has 0 heterocycles. The SMILES string of the molecule is CC(=O)OCC(=O)[C@@]1(O)CC[C@H]2[C@@H]3C[C@@H](F)C4=CC(=O)CC[C@]4(C)[C@H]3[C@@H](O)C[C@@]21C. The fourth-order valence-electron chi connectivity index (χ4n) is 7.44. The van der Waals surface area contributed by atoms with Gasteiger partial charge in [-0.05, 0) is 66.9 Å². The van der Waals surface area contributed by atoms with Crippen molar-refractivity contribution in [2.24, 2.45) is 28.6 Å². The van der Waals surface area contributed by atoms with Crippen LogP contribution in [0.2, 0.25) is 0 Å². The molecule has 4 aliphatic rings. The predicted octanol–water partition coefficient (Wildman–Crippen LogP) is 2.30. The Bertz CT molecular complexity index is 823. The van der Waals surface area contributed by atoms with Gasteiger partial charge in [0.25, 0.3) is 0 Å². The van der Waals surface area contributed by atoms with E-state index < -0.39 is 47.1 Å². The molecule has 0 spiro atoms. The molecular weight excluding hydrogens is 391 g/mol. The highest BCUT2D eigenvalue weighted by Gasteiger charge is 2.69. The third kappa shape index (κ3) is 2.84. The van der Waals surface area contributed by atoms with Gasteiger partial charge in [-0.3, -0.25) is 14.4 Å². The van der Waals surface area contributed by atoms with Gasteiger partial charge >= 0.3 is 5.97 Å². The highest BCUT2D eigenvalue weighted by Crippen LogP contribution is 2.67. The van der Waals surface area contributed by atoms with Gasteiger partial charge < -0.3 is 14.9 Å². The second kappa shape index (κ2) is 6.95. The molecule has 0 aromatic carbocycles. The molecule has 0 aromatic heterocycles. The molecule has 8 atom stereocenters. The fourth-order valence-corrected chi connectivity index (χ4v) is 7.44. The second-order valence-electron chi connectivity index (χ2n) is 10.3. The first-order valence-electron chi connectivity index (χ1n) is 10.9. The van der Waals surface area contributed by atoms with Crippen molar-refractivity contribution < 1.29 is 33.7 Å². The van der Waals surface area contributed by atoms with Crippen molar-refractivity contribution in [3.63, 3.8) is 0 Å². The number of ketones is 2. The molecule has 4 rings (SSSR count). The molecule has 0 amide bonds. The first-order chi connectivity index (χ1) is 13.9. The number of carbonyl (C=O) groups is 3. The molecule has 0 radical (unpaired) electrons. The maximum Gasteiger partial charge on any atom is 0.303 e. The molecule has 6 nitrogen and oxygen atoms in total. The molecular formula is C23H31FO6. The number of allylic oxidation sites excluding steroid dienone is 1. The van der Waals surface area contributed by atoms with E-state index in [-0.39, 0.29) is 42.8 Å². The van der Waals surface area contributed by atoms with Gasteiger partial charge in [-0.15, -0.1) is 0 Å². The number of esters is 1. The monoisotopic (exact) mass is 422 g/mol. The van der Waals surface area contributed by atoms with Gasteiger partial charge in [-0.1, -0.05) is 13.8 Å². The summed E-state index contributed by atoms with van der Waals surface area (Å²) in [7, 11) is 0. The Hall–Kier alpha value is -1.60. The van der Waals surface area contributed by atoms with Crippen molar-refractivity contribution in [1.29, 1.82) is 0 Å². The third-order valence-electron chi connectivity index (χ3n) is 8.89. The second-order valence-corrected chi connectivity index (χ2v) is 10.3. The molecule has 4 aliphatic carbocycles. The van der Waals surface area contributed by atoms with Crippen molar-refractivity contribution >= 4 is 17.5 Å². The van der Waals surface area contributed by atoms with Crippen molar-refractivity contribution in [1.82, 2.24) is 0 Å². The minimum atomic E-state index is -1.72. The van der Waals surface area contributed by atoms with E-state index in [1.807, 2.05) is 6.92 Å². The Morgan fingerprint density at radius 2 is 2.00 bits per heavy atom. The zero-order chi connectivity index (χ0) is 22.1. The first kappa shape index (κ1) is 21.6. The van der Waals surface area contributed by atoms with Crippen LogP contribution < -0.4 is 0 Å². The van der Waals surface area contributed by atoms with Crippen LogP contribution in [0.15, 0.2) is 11.6 Å². The van der Waals surface area contributed by atoms with Crippen LogP contribution in [0.3, 0.4) is 0 Å². The average Bonchev–Trinajstić information content (AvgIpc) is 2.93. The molecule has 7 heteroatoms. The van der Waals surface area contributed by atoms with Crippen molar-refractivity contribution in [3.05, 3.63) is 11.6 Å². The van der Waals surface area contributed by atoms with Crippen LogP contribution in [0.4, 0.5) is 4.39 Å². The van der Waals surface area contributed by atoms with Crippen LogP contribution in [0.1, 0.15) is 59.3 Å². The summed E-state index contributed by atoms with van der Waals surface area (Å²) in [6.07, 6.45) is 1.37. The topological polar surface area (TPSA) is 101 Å². The summed E-state index contributed by atoms with van der Waals surface area (Å²) in [6, 6.07) is 0. The van der Waals surface area contributed by atoms with Gasteiger partial charge in [-0.2, -0.15) is 0 Å². The number of hydrogen-bond acceptors (Lipinski definition) is 6. The minimum absolute atomic E-state index is 0.0648. The van der Waals surface area contributed by atoms with E-state index in [0.29, 0.717) is 24.8 Å². The van der Waals surface area contributed by atoms with Crippen molar-refractivity contribution in [2.45, 2.75) is 77.2 Å². The number of ether oxygens (including phenoxy) is 1. The Kier molecular flexibility index (Phi) is 5.01. The number of carbonyl (C=O) groups excluding carboxylic acids is 3. The van der Waals surface area contributed by atoms with Crippen LogP contribution in [-0.4, -0.2) is 52.2 Å². The van der Waals surface area contributed by atoms with Crippen molar-refractivity contribution in [2.75, 3.05) is 6.61 Å². The summed E-state index contributed by atoms with van der Waals surface area (Å²) in [5, 5.41) is 22.7. The molecule has 30 heavy (non-hydrogen) atoms. The van der Waals surface area contributed by atoms with Crippen LogP contribution in [0.5, 0.6) is 0 Å². The van der Waals surface area contributed by atoms with E-state index in [1.54, 1.807) is 6.92 Å². The number of fused-ring (bicyclic) bond motifs is 5. The van der Waals surface area contributed by atoms with Gasteiger partial charge in [0.2, 0.25) is 5.78 Å². The van der Waals surface area contributed by atoms with Crippen LogP contribution in [0, 0.1) is 28.6 Å². The number of alkyl halides is 1. The normalized spacial score (nSPS) is 47.6.